The molecule has 0 fully saturated rings. The van der Waals surface area contributed by atoms with Crippen LogP contribution in [0.3, 0.4) is 0 Å². The molecule has 1 aliphatic heterocycles. The second-order valence-corrected chi connectivity index (χ2v) is 3.78. The van der Waals surface area contributed by atoms with Crippen molar-refractivity contribution in [3.05, 3.63) is 22.8 Å². The molecule has 70 valence electrons. The first-order valence-electron chi connectivity index (χ1n) is 4.58. The van der Waals surface area contributed by atoms with Crippen molar-refractivity contribution in [2.45, 2.75) is 33.3 Å². The van der Waals surface area contributed by atoms with Crippen LogP contribution in [0.4, 0.5) is 0 Å². The van der Waals surface area contributed by atoms with Crippen molar-refractivity contribution in [3.63, 3.8) is 0 Å². The van der Waals surface area contributed by atoms with Crippen LogP contribution < -0.4 is 4.74 Å². The maximum atomic E-state index is 9.84. The predicted octanol–water partition coefficient (Wildman–Crippen LogP) is 2.33. The lowest BCUT2D eigenvalue weighted by atomic mass is 10.0. The highest BCUT2D eigenvalue weighted by Gasteiger charge is 2.23. The smallest absolute Gasteiger partial charge is 0.127 e. The molecule has 1 aromatic carbocycles. The fourth-order valence-electron chi connectivity index (χ4n) is 1.77. The molecule has 2 heteroatoms. The highest BCUT2D eigenvalue weighted by molar-refractivity contribution is 5.54. The van der Waals surface area contributed by atoms with Gasteiger partial charge in [0.15, 0.2) is 0 Å². The Labute approximate surface area is 78.2 Å². The number of phenolic OH excluding ortho intramolecular Hbond substituents is 1. The maximum Gasteiger partial charge on any atom is 0.127 e. The molecule has 1 unspecified atom stereocenters. The van der Waals surface area contributed by atoms with Crippen molar-refractivity contribution in [2.75, 3.05) is 0 Å². The molecule has 1 N–H and O–H groups in total. The van der Waals surface area contributed by atoms with E-state index >= 15 is 0 Å². The van der Waals surface area contributed by atoms with E-state index in [2.05, 4.69) is 0 Å². The third kappa shape index (κ3) is 1.17. The Morgan fingerprint density at radius 3 is 2.85 bits per heavy atom. The maximum absolute atomic E-state index is 9.84. The Morgan fingerprint density at radius 2 is 2.15 bits per heavy atom. The van der Waals surface area contributed by atoms with Gasteiger partial charge < -0.3 is 9.84 Å². The van der Waals surface area contributed by atoms with E-state index < -0.39 is 0 Å². The highest BCUT2D eigenvalue weighted by Crippen LogP contribution is 2.39. The van der Waals surface area contributed by atoms with E-state index in [9.17, 15) is 5.11 Å². The SMILES string of the molecule is Cc1cc2c(c(O)c1C)CC(C)O2. The molecule has 1 heterocycles. The first-order valence-corrected chi connectivity index (χ1v) is 4.58. The quantitative estimate of drug-likeness (QED) is 0.660. The lowest BCUT2D eigenvalue weighted by molar-refractivity contribution is 0.254. The lowest BCUT2D eigenvalue weighted by Crippen LogP contribution is -2.05. The zero-order valence-electron chi connectivity index (χ0n) is 8.22. The predicted molar refractivity (Wildman–Crippen MR) is 51.4 cm³/mol. The van der Waals surface area contributed by atoms with Gasteiger partial charge in [-0.25, -0.2) is 0 Å². The summed E-state index contributed by atoms with van der Waals surface area (Å²) in [6.07, 6.45) is 1.02. The number of fused-ring (bicyclic) bond motifs is 1. The summed E-state index contributed by atoms with van der Waals surface area (Å²) in [7, 11) is 0. The van der Waals surface area contributed by atoms with Crippen LogP contribution in [0.25, 0.3) is 0 Å². The Bertz CT molecular complexity index is 356. The minimum Gasteiger partial charge on any atom is -0.507 e. The number of aromatic hydroxyl groups is 1. The third-order valence-corrected chi connectivity index (χ3v) is 2.70. The van der Waals surface area contributed by atoms with E-state index in [1.165, 1.54) is 0 Å². The fourth-order valence-corrected chi connectivity index (χ4v) is 1.77. The Morgan fingerprint density at radius 1 is 1.46 bits per heavy atom. The molecule has 2 rings (SSSR count). The molecule has 2 nitrogen and oxygen atoms in total. The number of aryl methyl sites for hydroxylation is 1. The number of hydrogen-bond acceptors (Lipinski definition) is 2. The highest BCUT2D eigenvalue weighted by atomic mass is 16.5. The number of benzene rings is 1. The summed E-state index contributed by atoms with van der Waals surface area (Å²) in [5, 5.41) is 9.84. The van der Waals surface area contributed by atoms with Gasteiger partial charge in [-0.15, -0.1) is 0 Å². The van der Waals surface area contributed by atoms with Crippen LogP contribution in [0.5, 0.6) is 11.5 Å². The third-order valence-electron chi connectivity index (χ3n) is 2.70. The van der Waals surface area contributed by atoms with Crippen LogP contribution in [0.2, 0.25) is 0 Å². The van der Waals surface area contributed by atoms with Gasteiger partial charge in [0.1, 0.15) is 17.6 Å². The molecule has 1 aromatic rings. The summed E-state index contributed by atoms with van der Waals surface area (Å²) >= 11 is 0. The minimum atomic E-state index is 0.196. The van der Waals surface area contributed by atoms with Crippen molar-refractivity contribution in [1.82, 2.24) is 0 Å². The molecule has 0 saturated heterocycles. The largest absolute Gasteiger partial charge is 0.507 e. The molecule has 0 radical (unpaired) electrons. The van der Waals surface area contributed by atoms with Crippen LogP contribution >= 0.6 is 0 Å². The molecular formula is C11H14O2. The minimum absolute atomic E-state index is 0.196. The lowest BCUT2D eigenvalue weighted by Gasteiger charge is -2.07. The average Bonchev–Trinajstić information content (AvgIpc) is 2.42. The summed E-state index contributed by atoms with van der Waals surface area (Å²) in [4.78, 5) is 0. The second kappa shape index (κ2) is 2.66. The Kier molecular flexibility index (Phi) is 1.72. The molecule has 0 aromatic heterocycles. The summed E-state index contributed by atoms with van der Waals surface area (Å²) in [5.74, 6) is 1.27. The van der Waals surface area contributed by atoms with Crippen molar-refractivity contribution < 1.29 is 9.84 Å². The summed E-state index contributed by atoms with van der Waals surface area (Å²) in [6, 6.07) is 2.01. The summed E-state index contributed by atoms with van der Waals surface area (Å²) < 4.78 is 5.56. The van der Waals surface area contributed by atoms with E-state index in [1.54, 1.807) is 0 Å². The average molecular weight is 178 g/mol. The van der Waals surface area contributed by atoms with Crippen molar-refractivity contribution >= 4 is 0 Å². The Hall–Kier alpha value is -1.18. The molecule has 0 saturated carbocycles. The molecule has 1 atom stereocenters. The molecule has 1 aliphatic rings. The zero-order valence-corrected chi connectivity index (χ0v) is 8.22. The second-order valence-electron chi connectivity index (χ2n) is 3.78. The van der Waals surface area contributed by atoms with Crippen LogP contribution in [-0.2, 0) is 6.42 Å². The summed E-state index contributed by atoms with van der Waals surface area (Å²) in [5.41, 5.74) is 3.03. The standard InChI is InChI=1S/C11H14O2/c1-6-4-10-9(5-7(2)13-10)11(12)8(6)3/h4,7,12H,5H2,1-3H3. The molecule has 0 spiro atoms. The molecule has 0 aliphatic carbocycles. The number of hydrogen-bond donors (Lipinski definition) is 1. The number of ether oxygens (including phenoxy) is 1. The van der Waals surface area contributed by atoms with Crippen LogP contribution in [0.1, 0.15) is 23.6 Å². The first-order chi connectivity index (χ1) is 6.09. The van der Waals surface area contributed by atoms with E-state index in [-0.39, 0.29) is 6.10 Å². The fraction of sp³-hybridized carbons (Fsp3) is 0.455. The normalized spacial score (nSPS) is 19.8. The molecule has 0 bridgehead atoms. The van der Waals surface area contributed by atoms with Gasteiger partial charge in [0.05, 0.1) is 0 Å². The van der Waals surface area contributed by atoms with Crippen molar-refractivity contribution in [1.29, 1.82) is 0 Å². The van der Waals surface area contributed by atoms with Crippen LogP contribution in [-0.4, -0.2) is 11.2 Å². The van der Waals surface area contributed by atoms with Gasteiger partial charge in [-0.3, -0.25) is 0 Å². The Balaban J connectivity index is 2.60. The van der Waals surface area contributed by atoms with Gasteiger partial charge in [0, 0.05) is 12.0 Å². The van der Waals surface area contributed by atoms with E-state index in [4.69, 9.17) is 4.74 Å². The van der Waals surface area contributed by atoms with Crippen LogP contribution in [0, 0.1) is 13.8 Å². The monoisotopic (exact) mass is 178 g/mol. The van der Waals surface area contributed by atoms with Gasteiger partial charge in [0.2, 0.25) is 0 Å². The van der Waals surface area contributed by atoms with Gasteiger partial charge in [-0.1, -0.05) is 0 Å². The van der Waals surface area contributed by atoms with E-state index in [1.807, 2.05) is 26.8 Å². The topological polar surface area (TPSA) is 29.5 Å². The van der Waals surface area contributed by atoms with Gasteiger partial charge in [-0.2, -0.15) is 0 Å². The zero-order chi connectivity index (χ0) is 9.59. The van der Waals surface area contributed by atoms with Gasteiger partial charge in [0.25, 0.3) is 0 Å². The first kappa shape index (κ1) is 8.42. The molecular weight excluding hydrogens is 164 g/mol. The number of rotatable bonds is 0. The van der Waals surface area contributed by atoms with E-state index in [0.717, 1.165) is 28.9 Å². The molecule has 13 heavy (non-hydrogen) atoms. The van der Waals surface area contributed by atoms with Crippen molar-refractivity contribution in [2.24, 2.45) is 0 Å². The summed E-state index contributed by atoms with van der Waals surface area (Å²) in [6.45, 7) is 5.94. The molecule has 0 amide bonds. The van der Waals surface area contributed by atoms with E-state index in [0.29, 0.717) is 5.75 Å². The van der Waals surface area contributed by atoms with Gasteiger partial charge >= 0.3 is 0 Å². The van der Waals surface area contributed by atoms with Gasteiger partial charge in [-0.05, 0) is 38.0 Å². The van der Waals surface area contributed by atoms with Crippen molar-refractivity contribution in [3.8, 4) is 11.5 Å². The number of phenols is 1. The van der Waals surface area contributed by atoms with Crippen LogP contribution in [0.15, 0.2) is 6.07 Å².